The summed E-state index contributed by atoms with van der Waals surface area (Å²) in [6, 6.07) is 18.2. The van der Waals surface area contributed by atoms with Crippen LogP contribution in [0, 0.1) is 0 Å². The molecule has 3 rings (SSSR count). The molecule has 0 saturated heterocycles. The first-order valence-electron chi connectivity index (χ1n) is 9.02. The summed E-state index contributed by atoms with van der Waals surface area (Å²) in [7, 11) is 0. The molecule has 0 fully saturated rings. The number of rotatable bonds is 7. The highest BCUT2D eigenvalue weighted by Crippen LogP contribution is 2.15. The van der Waals surface area contributed by atoms with Gasteiger partial charge in [0.2, 0.25) is 0 Å². The van der Waals surface area contributed by atoms with Gasteiger partial charge >= 0.3 is 0 Å². The molecule has 0 radical (unpaired) electrons. The fraction of sp³-hybridized carbons (Fsp3) is 0.0435. The third-order valence-corrected chi connectivity index (χ3v) is 4.01. The molecule has 3 aromatic rings. The highest BCUT2D eigenvalue weighted by molar-refractivity contribution is 6.00. The maximum absolute atomic E-state index is 12.5. The second-order valence-corrected chi connectivity index (χ2v) is 6.05. The predicted molar refractivity (Wildman–Crippen MR) is 113 cm³/mol. The minimum atomic E-state index is -0.441. The molecule has 1 heterocycles. The molecule has 2 aromatic carbocycles. The van der Waals surface area contributed by atoms with Crippen molar-refractivity contribution in [2.24, 2.45) is 0 Å². The van der Waals surface area contributed by atoms with Gasteiger partial charge < -0.3 is 9.30 Å². The van der Waals surface area contributed by atoms with Crippen LogP contribution in [0.3, 0.4) is 0 Å². The Labute approximate surface area is 169 Å². The largest absolute Gasteiger partial charge is 0.490 e. The number of carbonyl (C=O) groups is 2. The van der Waals surface area contributed by atoms with E-state index in [1.54, 1.807) is 36.4 Å². The molecule has 0 unspecified atom stereocenters. The number of ether oxygens (including phenoxy) is 1. The van der Waals surface area contributed by atoms with Crippen LogP contribution in [-0.4, -0.2) is 23.0 Å². The van der Waals surface area contributed by atoms with E-state index in [1.165, 1.54) is 6.08 Å². The molecule has 0 aliphatic rings. The number of hydrazine groups is 1. The van der Waals surface area contributed by atoms with Crippen LogP contribution in [-0.2, 0) is 4.79 Å². The van der Waals surface area contributed by atoms with Crippen molar-refractivity contribution in [3.05, 3.63) is 103 Å². The summed E-state index contributed by atoms with van der Waals surface area (Å²) in [5.41, 5.74) is 6.83. The summed E-state index contributed by atoms with van der Waals surface area (Å²) in [6.45, 7) is 4.03. The summed E-state index contributed by atoms with van der Waals surface area (Å²) in [4.78, 5) is 24.5. The molecular formula is C23H21N3O3. The van der Waals surface area contributed by atoms with Gasteiger partial charge in [0, 0.05) is 18.5 Å². The fourth-order valence-corrected chi connectivity index (χ4v) is 2.62. The van der Waals surface area contributed by atoms with E-state index in [4.69, 9.17) is 4.74 Å². The molecule has 0 spiro atoms. The topological polar surface area (TPSA) is 72.4 Å². The van der Waals surface area contributed by atoms with Gasteiger partial charge in [-0.1, -0.05) is 36.9 Å². The van der Waals surface area contributed by atoms with Crippen molar-refractivity contribution in [3.8, 4) is 11.4 Å². The number of hydrogen-bond donors (Lipinski definition) is 2. The lowest BCUT2D eigenvalue weighted by Crippen LogP contribution is -2.41. The highest BCUT2D eigenvalue weighted by atomic mass is 16.5. The second kappa shape index (κ2) is 9.75. The van der Waals surface area contributed by atoms with E-state index < -0.39 is 11.8 Å². The van der Waals surface area contributed by atoms with E-state index in [-0.39, 0.29) is 0 Å². The van der Waals surface area contributed by atoms with Crippen LogP contribution in [0.25, 0.3) is 11.8 Å². The second-order valence-electron chi connectivity index (χ2n) is 6.05. The van der Waals surface area contributed by atoms with Crippen LogP contribution < -0.4 is 15.6 Å². The van der Waals surface area contributed by atoms with Crippen molar-refractivity contribution in [2.75, 3.05) is 6.61 Å². The Morgan fingerprint density at radius 1 is 0.966 bits per heavy atom. The van der Waals surface area contributed by atoms with Crippen molar-refractivity contribution in [2.45, 2.75) is 0 Å². The third-order valence-electron chi connectivity index (χ3n) is 4.01. The van der Waals surface area contributed by atoms with Gasteiger partial charge in [-0.3, -0.25) is 20.4 Å². The number of nitrogens with zero attached hydrogens (tertiary/aromatic N) is 1. The number of aromatic nitrogens is 1. The standard InChI is InChI=1S/C23H21N3O3/c1-2-17-29-19-12-9-18(10-13-19)11-14-22(27)24-25-23(28)20-7-3-4-8-21(20)26-15-5-6-16-26/h2-16H,1,17H2,(H,24,27)(H,25,28)/b14-11+. The summed E-state index contributed by atoms with van der Waals surface area (Å²) in [5.74, 6) is -0.122. The Kier molecular flexibility index (Phi) is 6.62. The summed E-state index contributed by atoms with van der Waals surface area (Å²) in [6.07, 6.45) is 8.36. The number of amides is 2. The lowest BCUT2D eigenvalue weighted by molar-refractivity contribution is -0.117. The zero-order valence-corrected chi connectivity index (χ0v) is 15.7. The number of nitrogens with one attached hydrogen (secondary N) is 2. The smallest absolute Gasteiger partial charge is 0.271 e. The van der Waals surface area contributed by atoms with E-state index in [9.17, 15) is 9.59 Å². The van der Waals surface area contributed by atoms with Crippen LogP contribution in [0.5, 0.6) is 5.75 Å². The van der Waals surface area contributed by atoms with E-state index in [0.717, 1.165) is 17.0 Å². The maximum atomic E-state index is 12.5. The molecule has 6 heteroatoms. The van der Waals surface area contributed by atoms with Crippen molar-refractivity contribution < 1.29 is 14.3 Å². The van der Waals surface area contributed by atoms with E-state index in [0.29, 0.717) is 12.2 Å². The Hall–Kier alpha value is -4.06. The van der Waals surface area contributed by atoms with Crippen molar-refractivity contribution in [3.63, 3.8) is 0 Å². The van der Waals surface area contributed by atoms with Crippen molar-refractivity contribution >= 4 is 17.9 Å². The van der Waals surface area contributed by atoms with Gasteiger partial charge in [0.05, 0.1) is 11.3 Å². The molecule has 29 heavy (non-hydrogen) atoms. The Bertz CT molecular complexity index is 1010. The fourth-order valence-electron chi connectivity index (χ4n) is 2.62. The van der Waals surface area contributed by atoms with E-state index in [2.05, 4.69) is 17.4 Å². The number of hydrogen-bond acceptors (Lipinski definition) is 3. The van der Waals surface area contributed by atoms with Gasteiger partial charge in [0.25, 0.3) is 11.8 Å². The Morgan fingerprint density at radius 3 is 2.41 bits per heavy atom. The van der Waals surface area contributed by atoms with Gasteiger partial charge in [-0.15, -0.1) is 0 Å². The molecule has 0 atom stereocenters. The molecule has 2 N–H and O–H groups in total. The average molecular weight is 387 g/mol. The Balaban J connectivity index is 1.56. The molecule has 6 nitrogen and oxygen atoms in total. The van der Waals surface area contributed by atoms with Crippen LogP contribution in [0.4, 0.5) is 0 Å². The zero-order valence-electron chi connectivity index (χ0n) is 15.7. The maximum Gasteiger partial charge on any atom is 0.271 e. The zero-order chi connectivity index (χ0) is 20.5. The van der Waals surface area contributed by atoms with E-state index in [1.807, 2.05) is 53.4 Å². The monoisotopic (exact) mass is 387 g/mol. The van der Waals surface area contributed by atoms with E-state index >= 15 is 0 Å². The summed E-state index contributed by atoms with van der Waals surface area (Å²) < 4.78 is 7.24. The first-order valence-corrected chi connectivity index (χ1v) is 9.02. The van der Waals surface area contributed by atoms with Crippen LogP contribution >= 0.6 is 0 Å². The molecule has 0 bridgehead atoms. The highest BCUT2D eigenvalue weighted by Gasteiger charge is 2.12. The van der Waals surface area contributed by atoms with Crippen molar-refractivity contribution in [1.29, 1.82) is 0 Å². The quantitative estimate of drug-likeness (QED) is 0.370. The minimum absolute atomic E-state index is 0.403. The molecular weight excluding hydrogens is 366 g/mol. The molecule has 0 saturated carbocycles. The molecule has 0 aliphatic carbocycles. The normalized spacial score (nSPS) is 10.5. The molecule has 1 aromatic heterocycles. The van der Waals surface area contributed by atoms with Gasteiger partial charge in [-0.05, 0) is 48.0 Å². The van der Waals surface area contributed by atoms with Gasteiger partial charge in [-0.2, -0.15) is 0 Å². The Morgan fingerprint density at radius 2 is 1.69 bits per heavy atom. The summed E-state index contributed by atoms with van der Waals surface area (Å²) >= 11 is 0. The number of benzene rings is 2. The number of para-hydroxylation sites is 1. The van der Waals surface area contributed by atoms with Gasteiger partial charge in [-0.25, -0.2) is 0 Å². The van der Waals surface area contributed by atoms with Crippen LogP contribution in [0.1, 0.15) is 15.9 Å². The third kappa shape index (κ3) is 5.46. The lowest BCUT2D eigenvalue weighted by atomic mass is 10.1. The average Bonchev–Trinajstić information content (AvgIpc) is 3.30. The SMILES string of the molecule is C=CCOc1ccc(/C=C/C(=O)NNC(=O)c2ccccc2-n2cccc2)cc1. The minimum Gasteiger partial charge on any atom is -0.490 e. The lowest BCUT2D eigenvalue weighted by Gasteiger charge is -2.11. The predicted octanol–water partition coefficient (Wildman–Crippen LogP) is 3.52. The first-order chi connectivity index (χ1) is 14.2. The molecule has 0 aliphatic heterocycles. The van der Waals surface area contributed by atoms with Gasteiger partial charge in [0.1, 0.15) is 12.4 Å². The molecule has 146 valence electrons. The summed E-state index contributed by atoms with van der Waals surface area (Å²) in [5, 5.41) is 0. The number of carbonyl (C=O) groups excluding carboxylic acids is 2. The van der Waals surface area contributed by atoms with Gasteiger partial charge in [0.15, 0.2) is 0 Å². The van der Waals surface area contributed by atoms with Crippen LogP contribution in [0.2, 0.25) is 0 Å². The molecule has 2 amide bonds. The van der Waals surface area contributed by atoms with Crippen molar-refractivity contribution in [1.82, 2.24) is 15.4 Å². The first kappa shape index (κ1) is 19.7. The van der Waals surface area contributed by atoms with Crippen LogP contribution in [0.15, 0.2) is 91.8 Å².